The summed E-state index contributed by atoms with van der Waals surface area (Å²) in [4.78, 5) is 1.07. The molecule has 0 aromatic heterocycles. The van der Waals surface area contributed by atoms with E-state index in [9.17, 15) is 8.42 Å². The summed E-state index contributed by atoms with van der Waals surface area (Å²) in [7, 11) is -2.86. The van der Waals surface area contributed by atoms with Crippen molar-refractivity contribution in [2.75, 3.05) is 17.8 Å². The van der Waals surface area contributed by atoms with Crippen molar-refractivity contribution in [2.45, 2.75) is 11.4 Å². The third kappa shape index (κ3) is 5.20. The van der Waals surface area contributed by atoms with Gasteiger partial charge in [-0.25, -0.2) is 8.42 Å². The van der Waals surface area contributed by atoms with E-state index in [-0.39, 0.29) is 5.75 Å². The maximum Gasteiger partial charge on any atom is 0.148 e. The van der Waals surface area contributed by atoms with Crippen LogP contribution in [0.4, 0.5) is 0 Å². The summed E-state index contributed by atoms with van der Waals surface area (Å²) in [6, 6.07) is 7.85. The summed E-state index contributed by atoms with van der Waals surface area (Å²) in [5.74, 6) is 0.803. The average Bonchev–Trinajstić information content (AvgIpc) is 2.16. The third-order valence-corrected chi connectivity index (χ3v) is 4.06. The molecule has 0 saturated heterocycles. The molecule has 0 amide bonds. The molecule has 15 heavy (non-hydrogen) atoms. The minimum absolute atomic E-state index is 0.213. The Morgan fingerprint density at radius 3 is 2.73 bits per heavy atom. The lowest BCUT2D eigenvalue weighted by Gasteiger charge is -2.02. The highest BCUT2D eigenvalue weighted by Crippen LogP contribution is 2.19. The molecule has 1 rings (SSSR count). The first-order valence-corrected chi connectivity index (χ1v) is 7.65. The largest absolute Gasteiger partial charge is 0.326 e. The van der Waals surface area contributed by atoms with E-state index in [0.717, 1.165) is 10.5 Å². The van der Waals surface area contributed by atoms with Gasteiger partial charge in [-0.1, -0.05) is 12.1 Å². The molecule has 0 atom stereocenters. The molecule has 1 aromatic carbocycles. The Kier molecular flexibility index (Phi) is 4.63. The second-order valence-corrected chi connectivity index (χ2v) is 6.76. The highest BCUT2D eigenvalue weighted by Gasteiger charge is 2.02. The van der Waals surface area contributed by atoms with Gasteiger partial charge in [-0.15, -0.1) is 11.8 Å². The normalized spacial score (nSPS) is 11.6. The first-order valence-electron chi connectivity index (χ1n) is 4.61. The standard InChI is InChI=1S/C10H15NO2S2/c1-15(12,13)6-5-14-10-4-2-3-9(7-10)8-11/h2-4,7H,5-6,8,11H2,1H3. The molecule has 1 aromatic rings. The van der Waals surface area contributed by atoms with Crippen LogP contribution in [0.25, 0.3) is 0 Å². The Morgan fingerprint density at radius 1 is 1.40 bits per heavy atom. The van der Waals surface area contributed by atoms with Crippen LogP contribution in [0.5, 0.6) is 0 Å². The van der Waals surface area contributed by atoms with Crippen molar-refractivity contribution < 1.29 is 8.42 Å². The van der Waals surface area contributed by atoms with Crippen LogP contribution in [0.2, 0.25) is 0 Å². The molecular weight excluding hydrogens is 230 g/mol. The lowest BCUT2D eigenvalue weighted by Crippen LogP contribution is -2.04. The topological polar surface area (TPSA) is 60.2 Å². The van der Waals surface area contributed by atoms with Crippen molar-refractivity contribution in [2.24, 2.45) is 5.73 Å². The fraction of sp³-hybridized carbons (Fsp3) is 0.400. The number of nitrogens with two attached hydrogens (primary N) is 1. The second-order valence-electron chi connectivity index (χ2n) is 3.33. The molecule has 0 saturated carbocycles. The van der Waals surface area contributed by atoms with Gasteiger partial charge >= 0.3 is 0 Å². The summed E-state index contributed by atoms with van der Waals surface area (Å²) in [6.45, 7) is 0.514. The van der Waals surface area contributed by atoms with Gasteiger partial charge in [0.25, 0.3) is 0 Å². The number of hydrogen-bond acceptors (Lipinski definition) is 4. The Balaban J connectivity index is 2.51. The molecule has 0 fully saturated rings. The SMILES string of the molecule is CS(=O)(=O)CCSc1cccc(CN)c1. The predicted molar refractivity (Wildman–Crippen MR) is 64.8 cm³/mol. The fourth-order valence-corrected chi connectivity index (χ4v) is 3.26. The van der Waals surface area contributed by atoms with Crippen LogP contribution in [-0.2, 0) is 16.4 Å². The first kappa shape index (κ1) is 12.5. The molecule has 0 heterocycles. The van der Waals surface area contributed by atoms with Crippen LogP contribution in [0.3, 0.4) is 0 Å². The zero-order valence-corrected chi connectivity index (χ0v) is 10.3. The van der Waals surface area contributed by atoms with E-state index in [0.29, 0.717) is 12.3 Å². The molecule has 0 aliphatic carbocycles. The lowest BCUT2D eigenvalue weighted by atomic mass is 10.2. The van der Waals surface area contributed by atoms with Gasteiger partial charge in [0.05, 0.1) is 5.75 Å². The van der Waals surface area contributed by atoms with Crippen LogP contribution >= 0.6 is 11.8 Å². The monoisotopic (exact) mass is 245 g/mol. The van der Waals surface area contributed by atoms with Crippen molar-refractivity contribution in [3.8, 4) is 0 Å². The Bertz CT molecular complexity index is 415. The summed E-state index contributed by atoms with van der Waals surface area (Å²) in [6.07, 6.45) is 1.25. The number of benzene rings is 1. The van der Waals surface area contributed by atoms with Gasteiger partial charge in [0.1, 0.15) is 9.84 Å². The number of hydrogen-bond donors (Lipinski definition) is 1. The Labute approximate surface area is 95.0 Å². The van der Waals surface area contributed by atoms with Crippen LogP contribution in [0.15, 0.2) is 29.2 Å². The predicted octanol–water partition coefficient (Wildman–Crippen LogP) is 1.28. The number of rotatable bonds is 5. The van der Waals surface area contributed by atoms with Crippen molar-refractivity contribution in [1.82, 2.24) is 0 Å². The van der Waals surface area contributed by atoms with Crippen LogP contribution < -0.4 is 5.73 Å². The maximum atomic E-state index is 10.9. The second kappa shape index (κ2) is 5.53. The van der Waals surface area contributed by atoms with Crippen molar-refractivity contribution in [3.63, 3.8) is 0 Å². The molecule has 5 heteroatoms. The Morgan fingerprint density at radius 2 is 2.13 bits per heavy atom. The minimum Gasteiger partial charge on any atom is -0.326 e. The molecule has 2 N–H and O–H groups in total. The third-order valence-electron chi connectivity index (χ3n) is 1.86. The number of thioether (sulfide) groups is 1. The van der Waals surface area contributed by atoms with Gasteiger partial charge in [0, 0.05) is 23.4 Å². The summed E-state index contributed by atoms with van der Waals surface area (Å²) in [5, 5.41) is 0. The lowest BCUT2D eigenvalue weighted by molar-refractivity contribution is 0.603. The van der Waals surface area contributed by atoms with Gasteiger partial charge in [0.2, 0.25) is 0 Å². The van der Waals surface area contributed by atoms with Crippen molar-refractivity contribution in [3.05, 3.63) is 29.8 Å². The average molecular weight is 245 g/mol. The van der Waals surface area contributed by atoms with Gasteiger partial charge in [0.15, 0.2) is 0 Å². The fourth-order valence-electron chi connectivity index (χ4n) is 1.07. The molecule has 0 bridgehead atoms. The van der Waals surface area contributed by atoms with E-state index in [4.69, 9.17) is 5.73 Å². The molecule has 84 valence electrons. The van der Waals surface area contributed by atoms with E-state index >= 15 is 0 Å². The minimum atomic E-state index is -2.86. The van der Waals surface area contributed by atoms with Gasteiger partial charge in [-0.05, 0) is 17.7 Å². The van der Waals surface area contributed by atoms with Crippen molar-refractivity contribution >= 4 is 21.6 Å². The Hall–Kier alpha value is -0.520. The highest BCUT2D eigenvalue weighted by atomic mass is 32.2. The van der Waals surface area contributed by atoms with Crippen LogP contribution in [0.1, 0.15) is 5.56 Å². The van der Waals surface area contributed by atoms with E-state index in [1.54, 1.807) is 11.8 Å². The molecule has 3 nitrogen and oxygen atoms in total. The summed E-state index contributed by atoms with van der Waals surface area (Å²) in [5.41, 5.74) is 6.58. The molecular formula is C10H15NO2S2. The zero-order chi connectivity index (χ0) is 11.3. The van der Waals surface area contributed by atoms with Crippen LogP contribution in [-0.4, -0.2) is 26.2 Å². The molecule has 0 aliphatic heterocycles. The van der Waals surface area contributed by atoms with Gasteiger partial charge in [-0.3, -0.25) is 0 Å². The number of sulfone groups is 1. The molecule has 0 spiro atoms. The molecule has 0 unspecified atom stereocenters. The van der Waals surface area contributed by atoms with E-state index in [1.807, 2.05) is 24.3 Å². The van der Waals surface area contributed by atoms with E-state index < -0.39 is 9.84 Å². The molecule has 0 aliphatic rings. The highest BCUT2D eigenvalue weighted by molar-refractivity contribution is 8.00. The van der Waals surface area contributed by atoms with E-state index in [1.165, 1.54) is 6.26 Å². The van der Waals surface area contributed by atoms with Crippen LogP contribution in [0, 0.1) is 0 Å². The van der Waals surface area contributed by atoms with E-state index in [2.05, 4.69) is 0 Å². The maximum absolute atomic E-state index is 10.9. The molecule has 0 radical (unpaired) electrons. The van der Waals surface area contributed by atoms with Gasteiger partial charge < -0.3 is 5.73 Å². The summed E-state index contributed by atoms with van der Waals surface area (Å²) < 4.78 is 21.8. The van der Waals surface area contributed by atoms with Gasteiger partial charge in [-0.2, -0.15) is 0 Å². The van der Waals surface area contributed by atoms with Crippen molar-refractivity contribution in [1.29, 1.82) is 0 Å². The smallest absolute Gasteiger partial charge is 0.148 e. The first-order chi connectivity index (χ1) is 7.01. The quantitative estimate of drug-likeness (QED) is 0.794. The zero-order valence-electron chi connectivity index (χ0n) is 8.64. The summed E-state index contributed by atoms with van der Waals surface area (Å²) >= 11 is 1.54.